The number of nitrogens with zero attached hydrogens (tertiary/aromatic N) is 3. The number of ether oxygens (including phenoxy) is 1. The van der Waals surface area contributed by atoms with Gasteiger partial charge in [-0.25, -0.2) is 9.97 Å². The Kier molecular flexibility index (Phi) is 5.61. The molecule has 6 nitrogen and oxygen atoms in total. The van der Waals surface area contributed by atoms with Crippen LogP contribution in [-0.4, -0.2) is 35.1 Å². The molecule has 0 bridgehead atoms. The van der Waals surface area contributed by atoms with Crippen molar-refractivity contribution in [3.63, 3.8) is 0 Å². The molecule has 1 saturated heterocycles. The van der Waals surface area contributed by atoms with Crippen LogP contribution in [0, 0.1) is 6.92 Å². The third-order valence-electron chi connectivity index (χ3n) is 4.46. The van der Waals surface area contributed by atoms with E-state index >= 15 is 0 Å². The molecule has 0 spiro atoms. The fourth-order valence-electron chi connectivity index (χ4n) is 3.16. The van der Waals surface area contributed by atoms with Crippen molar-refractivity contribution in [2.45, 2.75) is 39.3 Å². The van der Waals surface area contributed by atoms with Gasteiger partial charge in [-0.05, 0) is 43.1 Å². The molecule has 0 aliphatic carbocycles. The number of rotatable bonds is 5. The fraction of sp³-hybridized carbons (Fsp3) is 0.421. The highest BCUT2D eigenvalue weighted by molar-refractivity contribution is 6.28. The number of aromatic nitrogens is 2. The van der Waals surface area contributed by atoms with Crippen molar-refractivity contribution in [1.82, 2.24) is 15.3 Å². The van der Waals surface area contributed by atoms with Gasteiger partial charge in [-0.1, -0.05) is 12.1 Å². The van der Waals surface area contributed by atoms with Crippen LogP contribution >= 0.6 is 11.6 Å². The number of carbonyl (C=O) groups excluding carboxylic acids is 1. The zero-order valence-corrected chi connectivity index (χ0v) is 16.0. The van der Waals surface area contributed by atoms with E-state index in [1.165, 1.54) is 6.92 Å². The van der Waals surface area contributed by atoms with Gasteiger partial charge < -0.3 is 15.0 Å². The van der Waals surface area contributed by atoms with Gasteiger partial charge in [0.1, 0.15) is 17.7 Å². The van der Waals surface area contributed by atoms with Crippen LogP contribution in [0.1, 0.15) is 37.4 Å². The zero-order chi connectivity index (χ0) is 18.7. The quantitative estimate of drug-likeness (QED) is 0.813. The summed E-state index contributed by atoms with van der Waals surface area (Å²) in [5, 5.41) is 3.14. The van der Waals surface area contributed by atoms with Crippen LogP contribution in [-0.2, 0) is 4.79 Å². The molecule has 1 aliphatic rings. The van der Waals surface area contributed by atoms with E-state index in [1.54, 1.807) is 6.20 Å². The second kappa shape index (κ2) is 7.91. The fourth-order valence-corrected chi connectivity index (χ4v) is 3.29. The molecule has 2 aromatic rings. The van der Waals surface area contributed by atoms with Gasteiger partial charge in [-0.3, -0.25) is 4.79 Å². The average Bonchev–Trinajstić information content (AvgIpc) is 3.05. The number of hydrogen-bond donors (Lipinski definition) is 1. The maximum absolute atomic E-state index is 11.2. The minimum absolute atomic E-state index is 0.0194. The van der Waals surface area contributed by atoms with Gasteiger partial charge in [0.25, 0.3) is 0 Å². The summed E-state index contributed by atoms with van der Waals surface area (Å²) >= 11 is 5.93. The highest BCUT2D eigenvalue weighted by Gasteiger charge is 2.26. The first-order valence-electron chi connectivity index (χ1n) is 8.70. The molecule has 2 atom stereocenters. The molecule has 1 aliphatic heterocycles. The molecule has 1 amide bonds. The minimum atomic E-state index is -0.0380. The molecular weight excluding hydrogens is 352 g/mol. The van der Waals surface area contributed by atoms with E-state index in [1.807, 2.05) is 38.1 Å². The predicted molar refractivity (Wildman–Crippen MR) is 102 cm³/mol. The Morgan fingerprint density at radius 2 is 2.12 bits per heavy atom. The molecule has 0 radical (unpaired) electrons. The van der Waals surface area contributed by atoms with Crippen LogP contribution < -0.4 is 15.0 Å². The van der Waals surface area contributed by atoms with Crippen molar-refractivity contribution in [1.29, 1.82) is 0 Å². The van der Waals surface area contributed by atoms with Crippen molar-refractivity contribution < 1.29 is 9.53 Å². The largest absolute Gasteiger partial charge is 0.489 e. The highest BCUT2D eigenvalue weighted by atomic mass is 35.5. The number of amides is 1. The van der Waals surface area contributed by atoms with Gasteiger partial charge in [0.2, 0.25) is 11.2 Å². The summed E-state index contributed by atoms with van der Waals surface area (Å²) in [7, 11) is 0. The van der Waals surface area contributed by atoms with Crippen LogP contribution in [0.2, 0.25) is 5.28 Å². The average molecular weight is 375 g/mol. The van der Waals surface area contributed by atoms with Crippen LogP contribution in [0.15, 0.2) is 30.5 Å². The van der Waals surface area contributed by atoms with Crippen LogP contribution in [0.5, 0.6) is 5.75 Å². The Hall–Kier alpha value is -2.34. The minimum Gasteiger partial charge on any atom is -0.489 e. The van der Waals surface area contributed by atoms with Crippen LogP contribution in [0.3, 0.4) is 0 Å². The lowest BCUT2D eigenvalue weighted by Gasteiger charge is -2.20. The standard InChI is InChI=1S/C19H23ClN4O2/c1-12-10-21-19(20)23-18(12)24-9-8-17(11-24)26-16-6-4-15(5-7-16)13(2)22-14(3)25/h4-7,10,13,17H,8-9,11H2,1-3H3,(H,22,25)/t13-,17+/m0/s1. The first-order valence-corrected chi connectivity index (χ1v) is 9.08. The Morgan fingerprint density at radius 3 is 2.81 bits per heavy atom. The topological polar surface area (TPSA) is 67.3 Å². The van der Waals surface area contributed by atoms with Gasteiger partial charge in [-0.2, -0.15) is 0 Å². The van der Waals surface area contributed by atoms with Crippen molar-refractivity contribution in [2.24, 2.45) is 0 Å². The molecule has 26 heavy (non-hydrogen) atoms. The first-order chi connectivity index (χ1) is 12.4. The summed E-state index contributed by atoms with van der Waals surface area (Å²) in [5.74, 6) is 1.66. The number of halogens is 1. The normalized spacial score (nSPS) is 17.8. The zero-order valence-electron chi connectivity index (χ0n) is 15.2. The maximum atomic E-state index is 11.2. The second-order valence-corrected chi connectivity index (χ2v) is 6.95. The number of hydrogen-bond acceptors (Lipinski definition) is 5. The molecule has 0 unspecified atom stereocenters. The van der Waals surface area contributed by atoms with Gasteiger partial charge in [-0.15, -0.1) is 0 Å². The summed E-state index contributed by atoms with van der Waals surface area (Å²) in [4.78, 5) is 21.7. The third kappa shape index (κ3) is 4.43. The Bertz CT molecular complexity index is 782. The van der Waals surface area contributed by atoms with Crippen molar-refractivity contribution >= 4 is 23.3 Å². The Morgan fingerprint density at radius 1 is 1.38 bits per heavy atom. The van der Waals surface area contributed by atoms with Crippen molar-refractivity contribution in [3.05, 3.63) is 46.9 Å². The molecule has 3 rings (SSSR count). The predicted octanol–water partition coefficient (Wildman–Crippen LogP) is 3.29. The van der Waals surface area contributed by atoms with Gasteiger partial charge in [0.15, 0.2) is 0 Å². The van der Waals surface area contributed by atoms with Crippen LogP contribution in [0.25, 0.3) is 0 Å². The number of carbonyl (C=O) groups is 1. The van der Waals surface area contributed by atoms with Gasteiger partial charge in [0, 0.05) is 31.6 Å². The van der Waals surface area contributed by atoms with Crippen LogP contribution in [0.4, 0.5) is 5.82 Å². The highest BCUT2D eigenvalue weighted by Crippen LogP contribution is 2.26. The van der Waals surface area contributed by atoms with E-state index in [4.69, 9.17) is 16.3 Å². The monoisotopic (exact) mass is 374 g/mol. The molecule has 7 heteroatoms. The van der Waals surface area contributed by atoms with Gasteiger partial charge in [0.05, 0.1) is 12.6 Å². The van der Waals surface area contributed by atoms with Crippen molar-refractivity contribution in [3.8, 4) is 5.75 Å². The second-order valence-electron chi connectivity index (χ2n) is 6.61. The Balaban J connectivity index is 1.60. The summed E-state index contributed by atoms with van der Waals surface area (Å²) in [6, 6.07) is 7.84. The Labute approximate surface area is 158 Å². The number of aryl methyl sites for hydroxylation is 1. The van der Waals surface area contributed by atoms with Gasteiger partial charge >= 0.3 is 0 Å². The molecule has 1 aromatic heterocycles. The lowest BCUT2D eigenvalue weighted by atomic mass is 10.1. The number of benzene rings is 1. The van der Waals surface area contributed by atoms with E-state index < -0.39 is 0 Å². The smallest absolute Gasteiger partial charge is 0.224 e. The van der Waals surface area contributed by atoms with Crippen molar-refractivity contribution in [2.75, 3.05) is 18.0 Å². The lowest BCUT2D eigenvalue weighted by molar-refractivity contribution is -0.119. The first kappa shape index (κ1) is 18.5. The lowest BCUT2D eigenvalue weighted by Crippen LogP contribution is -2.26. The SMILES string of the molecule is CC(=O)N[C@@H](C)c1ccc(O[C@@H]2CCN(c3nc(Cl)ncc3C)C2)cc1. The van der Waals surface area contributed by atoms with E-state index in [2.05, 4.69) is 20.2 Å². The molecular formula is C19H23ClN4O2. The van der Waals surface area contributed by atoms with E-state index in [-0.39, 0.29) is 23.3 Å². The maximum Gasteiger partial charge on any atom is 0.224 e. The molecule has 1 fully saturated rings. The molecule has 2 heterocycles. The summed E-state index contributed by atoms with van der Waals surface area (Å²) < 4.78 is 6.11. The van der Waals surface area contributed by atoms with E-state index in [0.29, 0.717) is 0 Å². The van der Waals surface area contributed by atoms with E-state index in [0.717, 1.165) is 42.2 Å². The molecule has 1 N–H and O–H groups in total. The van der Waals surface area contributed by atoms with E-state index in [9.17, 15) is 4.79 Å². The summed E-state index contributed by atoms with van der Waals surface area (Å²) in [6.45, 7) is 7.09. The molecule has 138 valence electrons. The summed E-state index contributed by atoms with van der Waals surface area (Å²) in [6.07, 6.45) is 2.76. The molecule has 0 saturated carbocycles. The third-order valence-corrected chi connectivity index (χ3v) is 4.64. The number of nitrogens with one attached hydrogen (secondary N) is 1. The summed E-state index contributed by atoms with van der Waals surface area (Å²) in [5.41, 5.74) is 2.05. The number of anilines is 1. The molecule has 1 aromatic carbocycles.